The first-order valence-electron chi connectivity index (χ1n) is 5.28. The van der Waals surface area contributed by atoms with Crippen LogP contribution in [0.4, 0.5) is 5.00 Å². The van der Waals surface area contributed by atoms with E-state index >= 15 is 0 Å². The Morgan fingerprint density at radius 3 is 2.88 bits per heavy atom. The molecule has 2 rings (SSSR count). The van der Waals surface area contributed by atoms with Crippen LogP contribution < -0.4 is 4.90 Å². The lowest BCUT2D eigenvalue weighted by Gasteiger charge is -2.14. The summed E-state index contributed by atoms with van der Waals surface area (Å²) in [5.41, 5.74) is 1.22. The second-order valence-electron chi connectivity index (χ2n) is 4.08. The topological polar surface area (TPSA) is 50.3 Å². The third kappa shape index (κ3) is 1.96. The van der Waals surface area contributed by atoms with Crippen LogP contribution in [0.1, 0.15) is 29.4 Å². The van der Waals surface area contributed by atoms with Gasteiger partial charge in [0.1, 0.15) is 5.00 Å². The minimum Gasteiger partial charge on any atom is -0.301 e. The molecule has 2 heterocycles. The van der Waals surface area contributed by atoms with Crippen molar-refractivity contribution < 1.29 is 9.59 Å². The fraction of sp³-hybridized carbons (Fsp3) is 0.417. The number of Topliss-reactive ketones (excluding diaryl/α,β-unsaturated/α-hetero) is 1. The van der Waals surface area contributed by atoms with Gasteiger partial charge in [0, 0.05) is 18.9 Å². The van der Waals surface area contributed by atoms with Gasteiger partial charge in [-0.05, 0) is 25.4 Å². The van der Waals surface area contributed by atoms with Crippen molar-refractivity contribution in [3.63, 3.8) is 0 Å². The molecule has 1 aliphatic rings. The molecule has 1 fully saturated rings. The van der Waals surface area contributed by atoms with Crippen LogP contribution in [0.3, 0.4) is 0 Å². The van der Waals surface area contributed by atoms with Crippen LogP contribution in [0, 0.1) is 25.2 Å². The quantitative estimate of drug-likeness (QED) is 0.590. The summed E-state index contributed by atoms with van der Waals surface area (Å²) in [6, 6.07) is 0. The molecular formula is C12H12N2O2S. The van der Waals surface area contributed by atoms with Gasteiger partial charge in [0.25, 0.3) is 0 Å². The Morgan fingerprint density at radius 1 is 1.65 bits per heavy atom. The van der Waals surface area contributed by atoms with E-state index < -0.39 is 0 Å². The minimum atomic E-state index is -0.0665. The number of nitrogens with zero attached hydrogens (tertiary/aromatic N) is 2. The molecule has 0 N–H and O–H groups in total. The molecule has 17 heavy (non-hydrogen) atoms. The predicted molar refractivity (Wildman–Crippen MR) is 66.1 cm³/mol. The van der Waals surface area contributed by atoms with Gasteiger partial charge in [-0.3, -0.25) is 9.59 Å². The van der Waals surface area contributed by atoms with E-state index in [4.69, 9.17) is 6.42 Å². The van der Waals surface area contributed by atoms with Crippen LogP contribution in [0.2, 0.25) is 0 Å². The Bertz CT molecular complexity index is 527. The predicted octanol–water partition coefficient (Wildman–Crippen LogP) is 1.64. The van der Waals surface area contributed by atoms with Gasteiger partial charge in [0.05, 0.1) is 11.3 Å². The summed E-state index contributed by atoms with van der Waals surface area (Å²) < 4.78 is 4.14. The second kappa shape index (κ2) is 4.30. The number of carbonyl (C=O) groups excluding carboxylic acids is 2. The molecule has 0 spiro atoms. The largest absolute Gasteiger partial charge is 0.301 e. The molecule has 0 radical (unpaired) electrons. The van der Waals surface area contributed by atoms with Crippen LogP contribution in [0.15, 0.2) is 0 Å². The monoisotopic (exact) mass is 248 g/mol. The number of hydrogen-bond donors (Lipinski definition) is 0. The summed E-state index contributed by atoms with van der Waals surface area (Å²) in [5.74, 6) is 2.43. The number of aryl methyl sites for hydroxylation is 1. The summed E-state index contributed by atoms with van der Waals surface area (Å²) in [7, 11) is 0. The van der Waals surface area contributed by atoms with Crippen LogP contribution in [-0.2, 0) is 4.79 Å². The molecule has 1 amide bonds. The number of ketones is 1. The van der Waals surface area contributed by atoms with E-state index in [1.807, 2.05) is 0 Å². The lowest BCUT2D eigenvalue weighted by atomic mass is 10.1. The van der Waals surface area contributed by atoms with Crippen LogP contribution in [0.5, 0.6) is 0 Å². The van der Waals surface area contributed by atoms with Gasteiger partial charge < -0.3 is 4.90 Å². The first-order valence-corrected chi connectivity index (χ1v) is 6.05. The van der Waals surface area contributed by atoms with E-state index in [2.05, 4.69) is 10.3 Å². The fourth-order valence-electron chi connectivity index (χ4n) is 1.96. The van der Waals surface area contributed by atoms with Crippen LogP contribution in [-0.4, -0.2) is 22.6 Å². The molecule has 1 saturated heterocycles. The summed E-state index contributed by atoms with van der Waals surface area (Å²) in [5, 5.41) is 0.637. The molecule has 0 bridgehead atoms. The Kier molecular flexibility index (Phi) is 2.99. The normalized spacial score (nSPS) is 19.5. The van der Waals surface area contributed by atoms with Crippen molar-refractivity contribution in [3.8, 4) is 12.3 Å². The molecule has 1 aromatic rings. The number of hydrogen-bond acceptors (Lipinski definition) is 4. The summed E-state index contributed by atoms with van der Waals surface area (Å²) in [6.45, 7) is 3.74. The highest BCUT2D eigenvalue weighted by molar-refractivity contribution is 7.11. The van der Waals surface area contributed by atoms with Gasteiger partial charge in [-0.25, -0.2) is 0 Å². The fourth-order valence-corrected chi connectivity index (χ4v) is 2.94. The average Bonchev–Trinajstić information content (AvgIpc) is 2.81. The molecule has 1 unspecified atom stereocenters. The van der Waals surface area contributed by atoms with Gasteiger partial charge in [-0.2, -0.15) is 4.37 Å². The van der Waals surface area contributed by atoms with E-state index in [9.17, 15) is 9.59 Å². The lowest BCUT2D eigenvalue weighted by Crippen LogP contribution is -2.25. The number of rotatable bonds is 2. The van der Waals surface area contributed by atoms with Crippen molar-refractivity contribution in [3.05, 3.63) is 11.3 Å². The Balaban J connectivity index is 2.39. The van der Waals surface area contributed by atoms with E-state index in [1.54, 1.807) is 11.8 Å². The number of amides is 1. The first kappa shape index (κ1) is 11.8. The third-order valence-electron chi connectivity index (χ3n) is 2.80. The SMILES string of the molecule is C#CC1CC(=O)N(c2snc(C)c2C(C)=O)C1. The maximum atomic E-state index is 11.8. The number of anilines is 1. The highest BCUT2D eigenvalue weighted by Crippen LogP contribution is 2.33. The molecular weight excluding hydrogens is 236 g/mol. The Morgan fingerprint density at radius 2 is 2.35 bits per heavy atom. The van der Waals surface area contributed by atoms with Gasteiger partial charge in [-0.15, -0.1) is 12.3 Å². The molecule has 5 heteroatoms. The summed E-state index contributed by atoms with van der Waals surface area (Å²) in [6.07, 6.45) is 5.68. The molecule has 4 nitrogen and oxygen atoms in total. The number of carbonyl (C=O) groups is 2. The van der Waals surface area contributed by atoms with Crippen molar-refractivity contribution in [2.24, 2.45) is 5.92 Å². The highest BCUT2D eigenvalue weighted by Gasteiger charge is 2.33. The average molecular weight is 248 g/mol. The van der Waals surface area contributed by atoms with E-state index in [0.717, 1.165) is 0 Å². The van der Waals surface area contributed by atoms with Gasteiger partial charge in [-0.1, -0.05) is 0 Å². The zero-order valence-electron chi connectivity index (χ0n) is 9.69. The molecule has 0 aliphatic carbocycles. The van der Waals surface area contributed by atoms with Crippen molar-refractivity contribution in [1.82, 2.24) is 4.37 Å². The van der Waals surface area contributed by atoms with Gasteiger partial charge in [0.2, 0.25) is 5.91 Å². The van der Waals surface area contributed by atoms with Crippen molar-refractivity contribution in [2.75, 3.05) is 11.4 Å². The molecule has 88 valence electrons. The van der Waals surface area contributed by atoms with Crippen LogP contribution >= 0.6 is 11.5 Å². The van der Waals surface area contributed by atoms with Crippen molar-refractivity contribution >= 4 is 28.2 Å². The molecule has 0 saturated carbocycles. The molecule has 0 aromatic carbocycles. The zero-order chi connectivity index (χ0) is 12.6. The molecule has 1 atom stereocenters. The van der Waals surface area contributed by atoms with Crippen molar-refractivity contribution in [1.29, 1.82) is 0 Å². The summed E-state index contributed by atoms with van der Waals surface area (Å²) >= 11 is 1.18. The standard InChI is InChI=1S/C12H12N2O2S/c1-4-9-5-10(16)14(6-9)12-11(8(3)15)7(2)13-17-12/h1,9H,5-6H2,2-3H3. The maximum absolute atomic E-state index is 11.8. The van der Waals surface area contributed by atoms with E-state index in [-0.39, 0.29) is 17.6 Å². The minimum absolute atomic E-state index is 0.0286. The van der Waals surface area contributed by atoms with E-state index in [0.29, 0.717) is 29.2 Å². The smallest absolute Gasteiger partial charge is 0.229 e. The van der Waals surface area contributed by atoms with Gasteiger partial charge in [0.15, 0.2) is 5.78 Å². The van der Waals surface area contributed by atoms with E-state index in [1.165, 1.54) is 18.5 Å². The van der Waals surface area contributed by atoms with Gasteiger partial charge >= 0.3 is 0 Å². The highest BCUT2D eigenvalue weighted by atomic mass is 32.1. The van der Waals surface area contributed by atoms with Crippen LogP contribution in [0.25, 0.3) is 0 Å². The Labute approximate surface area is 104 Å². The summed E-state index contributed by atoms with van der Waals surface area (Å²) in [4.78, 5) is 25.0. The van der Waals surface area contributed by atoms with Crippen molar-refractivity contribution in [2.45, 2.75) is 20.3 Å². The lowest BCUT2D eigenvalue weighted by molar-refractivity contribution is -0.117. The molecule has 1 aromatic heterocycles. The maximum Gasteiger partial charge on any atom is 0.229 e. The molecule has 1 aliphatic heterocycles. The second-order valence-corrected chi connectivity index (χ2v) is 4.83. The number of terminal acetylenes is 1. The first-order chi connectivity index (χ1) is 8.04. The third-order valence-corrected chi connectivity index (χ3v) is 3.77. The zero-order valence-corrected chi connectivity index (χ0v) is 10.5. The number of aromatic nitrogens is 1. The Hall–Kier alpha value is -1.67.